The maximum absolute atomic E-state index is 11.8. The molecule has 1 rings (SSSR count). The number of sulfone groups is 1. The minimum Gasteiger partial charge on any atom is -0.464 e. The van der Waals surface area contributed by atoms with Gasteiger partial charge in [0.2, 0.25) is 0 Å². The zero-order valence-corrected chi connectivity index (χ0v) is 12.8. The Hall–Kier alpha value is -1.48. The number of hydrogen-bond acceptors (Lipinski definition) is 7. The fourth-order valence-electron chi connectivity index (χ4n) is 1.50. The Balaban J connectivity index is 2.96. The highest BCUT2D eigenvalue weighted by Gasteiger charge is 2.22. The minimum absolute atomic E-state index is 0.0382. The molecule has 0 saturated carbocycles. The van der Waals surface area contributed by atoms with Crippen LogP contribution in [-0.2, 0) is 32.5 Å². The highest BCUT2D eigenvalue weighted by Crippen LogP contribution is 2.10. The van der Waals surface area contributed by atoms with Gasteiger partial charge in [0.25, 0.3) is 0 Å². The van der Waals surface area contributed by atoms with E-state index in [1.54, 1.807) is 13.8 Å². The van der Waals surface area contributed by atoms with Crippen molar-refractivity contribution in [3.8, 4) is 0 Å². The first-order valence-corrected chi connectivity index (χ1v) is 7.76. The van der Waals surface area contributed by atoms with Crippen molar-refractivity contribution >= 4 is 15.8 Å². The number of nitrogens with zero attached hydrogens (tertiary/aromatic N) is 3. The van der Waals surface area contributed by atoms with Crippen molar-refractivity contribution in [2.75, 3.05) is 20.0 Å². The zero-order chi connectivity index (χ0) is 15.3. The standard InChI is InChI=1S/C11H19N3O5S/c1-8(2)20(16,17)6-5-14-9(7-18-3)10(12-13-14)11(15)19-4/h8H,5-7H2,1-4H3. The lowest BCUT2D eigenvalue weighted by atomic mass is 10.3. The van der Waals surface area contributed by atoms with Crippen molar-refractivity contribution in [1.82, 2.24) is 15.0 Å². The first-order chi connectivity index (χ1) is 9.33. The lowest BCUT2D eigenvalue weighted by Crippen LogP contribution is -2.22. The Bertz CT molecular complexity index is 565. The number of ether oxygens (including phenoxy) is 2. The Kier molecular flexibility index (Phi) is 5.63. The summed E-state index contributed by atoms with van der Waals surface area (Å²) in [7, 11) is -0.491. The predicted molar refractivity (Wildman–Crippen MR) is 71.0 cm³/mol. The summed E-state index contributed by atoms with van der Waals surface area (Å²) < 4.78 is 34.5. The molecule has 9 heteroatoms. The second kappa shape index (κ2) is 6.80. The molecular weight excluding hydrogens is 286 g/mol. The van der Waals surface area contributed by atoms with Gasteiger partial charge in [-0.25, -0.2) is 17.9 Å². The van der Waals surface area contributed by atoms with Crippen LogP contribution in [0.25, 0.3) is 0 Å². The van der Waals surface area contributed by atoms with E-state index in [1.165, 1.54) is 18.9 Å². The number of aryl methyl sites for hydroxylation is 1. The number of hydrogen-bond donors (Lipinski definition) is 0. The maximum atomic E-state index is 11.8. The van der Waals surface area contributed by atoms with Gasteiger partial charge in [0.05, 0.1) is 37.0 Å². The van der Waals surface area contributed by atoms with Crippen molar-refractivity contribution in [3.63, 3.8) is 0 Å². The summed E-state index contributed by atoms with van der Waals surface area (Å²) in [6.07, 6.45) is 0. The first-order valence-electron chi connectivity index (χ1n) is 6.04. The smallest absolute Gasteiger partial charge is 0.360 e. The molecule has 20 heavy (non-hydrogen) atoms. The lowest BCUT2D eigenvalue weighted by Gasteiger charge is -2.09. The molecule has 0 bridgehead atoms. The van der Waals surface area contributed by atoms with Gasteiger partial charge < -0.3 is 9.47 Å². The molecule has 1 aromatic rings. The molecule has 0 radical (unpaired) electrons. The topological polar surface area (TPSA) is 100 Å². The third-order valence-corrected chi connectivity index (χ3v) is 4.99. The van der Waals surface area contributed by atoms with E-state index >= 15 is 0 Å². The van der Waals surface area contributed by atoms with Crippen molar-refractivity contribution < 1.29 is 22.7 Å². The van der Waals surface area contributed by atoms with Crippen LogP contribution in [0, 0.1) is 0 Å². The van der Waals surface area contributed by atoms with Crippen molar-refractivity contribution in [3.05, 3.63) is 11.4 Å². The summed E-state index contributed by atoms with van der Waals surface area (Å²) in [5.74, 6) is -0.708. The molecule has 0 spiro atoms. The van der Waals surface area contributed by atoms with Crippen LogP contribution in [0.4, 0.5) is 0 Å². The number of aromatic nitrogens is 3. The van der Waals surface area contributed by atoms with Gasteiger partial charge in [-0.15, -0.1) is 5.10 Å². The molecule has 0 saturated heterocycles. The molecule has 0 amide bonds. The quantitative estimate of drug-likeness (QED) is 0.655. The molecule has 0 atom stereocenters. The second-order valence-corrected chi connectivity index (χ2v) is 7.12. The molecule has 0 unspecified atom stereocenters. The molecule has 0 aromatic carbocycles. The number of esters is 1. The van der Waals surface area contributed by atoms with Crippen molar-refractivity contribution in [1.29, 1.82) is 0 Å². The SMILES string of the molecule is COCc1c(C(=O)OC)nnn1CCS(=O)(=O)C(C)C. The second-order valence-electron chi connectivity index (χ2n) is 4.45. The summed E-state index contributed by atoms with van der Waals surface area (Å²) in [5, 5.41) is 7.04. The minimum atomic E-state index is -3.19. The molecule has 114 valence electrons. The van der Waals surface area contributed by atoms with Gasteiger partial charge in [-0.1, -0.05) is 5.21 Å². The monoisotopic (exact) mass is 305 g/mol. The fraction of sp³-hybridized carbons (Fsp3) is 0.727. The third kappa shape index (κ3) is 3.76. The molecule has 1 aromatic heterocycles. The Labute approximate surface area is 118 Å². The summed E-state index contributed by atoms with van der Waals surface area (Å²) in [4.78, 5) is 11.5. The highest BCUT2D eigenvalue weighted by atomic mass is 32.2. The predicted octanol–water partition coefficient (Wildman–Crippen LogP) is 0.0343. The summed E-state index contributed by atoms with van der Waals surface area (Å²) >= 11 is 0. The number of carbonyl (C=O) groups excluding carboxylic acids is 1. The van der Waals surface area contributed by atoms with Crippen LogP contribution >= 0.6 is 0 Å². The van der Waals surface area contributed by atoms with E-state index in [-0.39, 0.29) is 24.6 Å². The van der Waals surface area contributed by atoms with Crippen molar-refractivity contribution in [2.24, 2.45) is 0 Å². The highest BCUT2D eigenvalue weighted by molar-refractivity contribution is 7.91. The van der Waals surface area contributed by atoms with E-state index < -0.39 is 21.1 Å². The molecule has 0 aliphatic carbocycles. The van der Waals surface area contributed by atoms with Gasteiger partial charge in [-0.05, 0) is 13.8 Å². The summed E-state index contributed by atoms with van der Waals surface area (Å²) in [6.45, 7) is 3.45. The van der Waals surface area contributed by atoms with Gasteiger partial charge in [-0.3, -0.25) is 0 Å². The van der Waals surface area contributed by atoms with Crippen molar-refractivity contribution in [2.45, 2.75) is 32.2 Å². The Morgan fingerprint density at radius 3 is 2.50 bits per heavy atom. The average molecular weight is 305 g/mol. The maximum Gasteiger partial charge on any atom is 0.360 e. The Morgan fingerprint density at radius 1 is 1.35 bits per heavy atom. The largest absolute Gasteiger partial charge is 0.464 e. The number of methoxy groups -OCH3 is 2. The van der Waals surface area contributed by atoms with Crippen LogP contribution in [0.3, 0.4) is 0 Å². The summed E-state index contributed by atoms with van der Waals surface area (Å²) in [5.41, 5.74) is 0.439. The van der Waals surface area contributed by atoms with Gasteiger partial charge in [0, 0.05) is 7.11 Å². The molecule has 0 N–H and O–H groups in total. The fourth-order valence-corrected chi connectivity index (χ4v) is 2.40. The number of carbonyl (C=O) groups is 1. The van der Waals surface area contributed by atoms with Gasteiger partial charge in [0.1, 0.15) is 0 Å². The van der Waals surface area contributed by atoms with Crippen LogP contribution in [0.15, 0.2) is 0 Å². The van der Waals surface area contributed by atoms with Crippen LogP contribution < -0.4 is 0 Å². The lowest BCUT2D eigenvalue weighted by molar-refractivity contribution is 0.0588. The third-order valence-electron chi connectivity index (χ3n) is 2.80. The van der Waals surface area contributed by atoms with E-state index in [1.807, 2.05) is 0 Å². The number of rotatable bonds is 7. The van der Waals surface area contributed by atoms with Crippen LogP contribution in [0.1, 0.15) is 30.0 Å². The Morgan fingerprint density at radius 2 is 2.00 bits per heavy atom. The van der Waals surface area contributed by atoms with Gasteiger partial charge in [-0.2, -0.15) is 0 Å². The summed E-state index contributed by atoms with van der Waals surface area (Å²) in [6, 6.07) is 0. The van der Waals surface area contributed by atoms with Gasteiger partial charge in [0.15, 0.2) is 15.5 Å². The molecule has 1 heterocycles. The van der Waals surface area contributed by atoms with E-state index in [4.69, 9.17) is 4.74 Å². The van der Waals surface area contributed by atoms with E-state index in [2.05, 4.69) is 15.0 Å². The van der Waals surface area contributed by atoms with Gasteiger partial charge >= 0.3 is 5.97 Å². The van der Waals surface area contributed by atoms with E-state index in [9.17, 15) is 13.2 Å². The van der Waals surface area contributed by atoms with Crippen LogP contribution in [-0.4, -0.2) is 54.6 Å². The van der Waals surface area contributed by atoms with E-state index in [0.717, 1.165) is 0 Å². The molecule has 0 fully saturated rings. The van der Waals surface area contributed by atoms with Crippen LogP contribution in [0.2, 0.25) is 0 Å². The average Bonchev–Trinajstić information content (AvgIpc) is 2.79. The molecule has 0 aliphatic heterocycles. The molecule has 8 nitrogen and oxygen atoms in total. The normalized spacial score (nSPS) is 11.8. The molecule has 0 aliphatic rings. The zero-order valence-electron chi connectivity index (χ0n) is 12.0. The van der Waals surface area contributed by atoms with Crippen LogP contribution in [0.5, 0.6) is 0 Å². The van der Waals surface area contributed by atoms with E-state index in [0.29, 0.717) is 5.69 Å². The first kappa shape index (κ1) is 16.6. The molecular formula is C11H19N3O5S.